The van der Waals surface area contributed by atoms with Crippen LogP contribution in [0.25, 0.3) is 16.5 Å². The first kappa shape index (κ1) is 18.4. The van der Waals surface area contributed by atoms with Gasteiger partial charge in [0.15, 0.2) is 0 Å². The number of aromatic nitrogens is 1. The summed E-state index contributed by atoms with van der Waals surface area (Å²) in [6.45, 7) is 3.48. The molecule has 140 valence electrons. The Kier molecular flexibility index (Phi) is 6.00. The molecule has 1 aromatic heterocycles. The highest BCUT2D eigenvalue weighted by atomic mass is 32.2. The minimum absolute atomic E-state index is 1.09. The number of aryl methyl sites for hydroxylation is 1. The molecule has 0 radical (unpaired) electrons. The number of nitrogens with zero attached hydrogens (tertiary/aromatic N) is 1. The van der Waals surface area contributed by atoms with Gasteiger partial charge >= 0.3 is 0 Å². The number of para-hydroxylation sites is 1. The number of fused-ring (bicyclic) bond motifs is 1. The normalized spacial score (nSPS) is 15.2. The molecule has 1 aliphatic rings. The lowest BCUT2D eigenvalue weighted by atomic mass is 9.99. The van der Waals surface area contributed by atoms with Crippen LogP contribution in [-0.2, 0) is 6.42 Å². The third-order valence-corrected chi connectivity index (χ3v) is 6.37. The molecule has 1 aliphatic heterocycles. The van der Waals surface area contributed by atoms with Gasteiger partial charge in [0, 0.05) is 29.6 Å². The summed E-state index contributed by atoms with van der Waals surface area (Å²) < 4.78 is 0. The summed E-state index contributed by atoms with van der Waals surface area (Å²) in [6, 6.07) is 17.4. The average molecular weight is 377 g/mol. The molecule has 0 amide bonds. The molecule has 0 spiro atoms. The van der Waals surface area contributed by atoms with Crippen LogP contribution >= 0.6 is 11.8 Å². The first-order valence-corrected chi connectivity index (χ1v) is 11.2. The van der Waals surface area contributed by atoms with Crippen LogP contribution in [0.5, 0.6) is 0 Å². The predicted molar refractivity (Wildman–Crippen MR) is 118 cm³/mol. The van der Waals surface area contributed by atoms with E-state index in [4.69, 9.17) is 0 Å². The first-order chi connectivity index (χ1) is 13.3. The number of nitrogens with one attached hydrogen (secondary N) is 1. The number of unbranched alkanes of at least 4 members (excludes halogenated alkanes) is 1. The summed E-state index contributed by atoms with van der Waals surface area (Å²) in [5, 5.41) is 1.40. The highest BCUT2D eigenvalue weighted by Gasteiger charge is 2.12. The third kappa shape index (κ3) is 4.31. The Hall–Kier alpha value is -1.97. The molecule has 0 fully saturated rings. The molecule has 0 atom stereocenters. The molecular formula is C24H28N2S. The summed E-state index contributed by atoms with van der Waals surface area (Å²) >= 11 is 1.81. The Bertz CT molecular complexity index is 911. The van der Waals surface area contributed by atoms with Crippen molar-refractivity contribution in [2.24, 2.45) is 0 Å². The van der Waals surface area contributed by atoms with E-state index in [-0.39, 0.29) is 0 Å². The SMILES string of the molecule is CSc1cccc2c(CCCCN3CC=C(c4ccccc4)CC3)c[nH]c12. The maximum Gasteiger partial charge on any atom is 0.0594 e. The topological polar surface area (TPSA) is 19.0 Å². The van der Waals surface area contributed by atoms with Crippen LogP contribution in [-0.4, -0.2) is 35.8 Å². The second-order valence-electron chi connectivity index (χ2n) is 7.30. The lowest BCUT2D eigenvalue weighted by Gasteiger charge is -2.26. The lowest BCUT2D eigenvalue weighted by molar-refractivity contribution is 0.295. The van der Waals surface area contributed by atoms with Crippen molar-refractivity contribution in [1.82, 2.24) is 9.88 Å². The van der Waals surface area contributed by atoms with Crippen molar-refractivity contribution in [2.75, 3.05) is 25.9 Å². The van der Waals surface area contributed by atoms with Gasteiger partial charge in [-0.3, -0.25) is 4.90 Å². The van der Waals surface area contributed by atoms with Crippen LogP contribution in [0.1, 0.15) is 30.4 Å². The molecule has 27 heavy (non-hydrogen) atoms. The highest BCUT2D eigenvalue weighted by molar-refractivity contribution is 7.98. The van der Waals surface area contributed by atoms with E-state index < -0.39 is 0 Å². The molecule has 0 saturated carbocycles. The lowest BCUT2D eigenvalue weighted by Crippen LogP contribution is -2.29. The van der Waals surface area contributed by atoms with E-state index in [0.717, 1.165) is 13.0 Å². The Morgan fingerprint density at radius 3 is 2.70 bits per heavy atom. The summed E-state index contributed by atoms with van der Waals surface area (Å²) in [5.41, 5.74) is 5.66. The standard InChI is InChI=1S/C24H28N2S/c1-27-23-12-7-11-22-21(18-25-24(22)23)10-5-6-15-26-16-13-20(14-17-26)19-8-3-2-4-9-19/h2-4,7-9,11-13,18,25H,5-6,10,14-17H2,1H3. The van der Waals surface area contributed by atoms with E-state index in [2.05, 4.69) is 76.9 Å². The van der Waals surface area contributed by atoms with Gasteiger partial charge in [-0.2, -0.15) is 0 Å². The van der Waals surface area contributed by atoms with Crippen molar-refractivity contribution in [3.63, 3.8) is 0 Å². The van der Waals surface area contributed by atoms with Gasteiger partial charge in [-0.15, -0.1) is 11.8 Å². The van der Waals surface area contributed by atoms with Crippen molar-refractivity contribution >= 4 is 28.2 Å². The number of rotatable bonds is 7. The number of hydrogen-bond donors (Lipinski definition) is 1. The summed E-state index contributed by atoms with van der Waals surface area (Å²) in [5.74, 6) is 0. The maximum atomic E-state index is 3.48. The molecule has 0 aliphatic carbocycles. The molecule has 3 heteroatoms. The molecule has 2 nitrogen and oxygen atoms in total. The van der Waals surface area contributed by atoms with Crippen LogP contribution in [0.4, 0.5) is 0 Å². The molecule has 2 aromatic carbocycles. The van der Waals surface area contributed by atoms with Crippen molar-refractivity contribution in [3.8, 4) is 0 Å². The minimum Gasteiger partial charge on any atom is -0.360 e. The smallest absolute Gasteiger partial charge is 0.0594 e. The summed E-state index contributed by atoms with van der Waals surface area (Å²) in [6.07, 6.45) is 11.6. The van der Waals surface area contributed by atoms with Crippen molar-refractivity contribution < 1.29 is 0 Å². The summed E-state index contributed by atoms with van der Waals surface area (Å²) in [4.78, 5) is 7.41. The number of thioether (sulfide) groups is 1. The number of aromatic amines is 1. The monoisotopic (exact) mass is 376 g/mol. The van der Waals surface area contributed by atoms with E-state index in [1.54, 1.807) is 0 Å². The third-order valence-electron chi connectivity index (χ3n) is 5.59. The van der Waals surface area contributed by atoms with Crippen LogP contribution in [0, 0.1) is 0 Å². The molecule has 0 unspecified atom stereocenters. The highest BCUT2D eigenvalue weighted by Crippen LogP contribution is 2.28. The molecule has 1 N–H and O–H groups in total. The average Bonchev–Trinajstić information content (AvgIpc) is 3.15. The largest absolute Gasteiger partial charge is 0.360 e. The van der Waals surface area contributed by atoms with Crippen LogP contribution < -0.4 is 0 Å². The van der Waals surface area contributed by atoms with E-state index in [1.807, 2.05) is 11.8 Å². The van der Waals surface area contributed by atoms with Gasteiger partial charge in [0.05, 0.1) is 5.52 Å². The van der Waals surface area contributed by atoms with Gasteiger partial charge in [0.25, 0.3) is 0 Å². The molecule has 0 saturated heterocycles. The first-order valence-electron chi connectivity index (χ1n) is 9.95. The van der Waals surface area contributed by atoms with Gasteiger partial charge in [-0.1, -0.05) is 48.5 Å². The zero-order chi connectivity index (χ0) is 18.5. The number of hydrogen-bond acceptors (Lipinski definition) is 2. The number of benzene rings is 2. The van der Waals surface area contributed by atoms with Gasteiger partial charge in [0.2, 0.25) is 0 Å². The fraction of sp³-hybridized carbons (Fsp3) is 0.333. The van der Waals surface area contributed by atoms with Crippen molar-refractivity contribution in [1.29, 1.82) is 0 Å². The second-order valence-corrected chi connectivity index (χ2v) is 8.15. The van der Waals surface area contributed by atoms with Gasteiger partial charge < -0.3 is 4.98 Å². The van der Waals surface area contributed by atoms with Gasteiger partial charge in [-0.25, -0.2) is 0 Å². The Morgan fingerprint density at radius 1 is 1.04 bits per heavy atom. The maximum absolute atomic E-state index is 3.48. The van der Waals surface area contributed by atoms with Crippen LogP contribution in [0.15, 0.2) is 65.7 Å². The zero-order valence-corrected chi connectivity index (χ0v) is 16.9. The van der Waals surface area contributed by atoms with Crippen LogP contribution in [0.3, 0.4) is 0 Å². The van der Waals surface area contributed by atoms with Crippen LogP contribution in [0.2, 0.25) is 0 Å². The summed E-state index contributed by atoms with van der Waals surface area (Å²) in [7, 11) is 0. The molecule has 3 aromatic rings. The van der Waals surface area contributed by atoms with Crippen molar-refractivity contribution in [2.45, 2.75) is 30.6 Å². The van der Waals surface area contributed by atoms with E-state index >= 15 is 0 Å². The Morgan fingerprint density at radius 2 is 1.93 bits per heavy atom. The Balaban J connectivity index is 1.26. The van der Waals surface area contributed by atoms with Gasteiger partial charge in [-0.05, 0) is 61.3 Å². The quantitative estimate of drug-likeness (QED) is 0.403. The zero-order valence-electron chi connectivity index (χ0n) is 16.1. The predicted octanol–water partition coefficient (Wildman–Crippen LogP) is 6.00. The number of H-pyrrole nitrogens is 1. The molecule has 0 bridgehead atoms. The van der Waals surface area contributed by atoms with E-state index in [1.165, 1.54) is 64.9 Å². The fourth-order valence-electron chi connectivity index (χ4n) is 4.04. The van der Waals surface area contributed by atoms with E-state index in [9.17, 15) is 0 Å². The van der Waals surface area contributed by atoms with Crippen molar-refractivity contribution in [3.05, 3.63) is 71.9 Å². The fourth-order valence-corrected chi connectivity index (χ4v) is 4.63. The minimum atomic E-state index is 1.09. The molecular weight excluding hydrogens is 348 g/mol. The van der Waals surface area contributed by atoms with Gasteiger partial charge in [0.1, 0.15) is 0 Å². The Labute approximate surface area is 166 Å². The second kappa shape index (κ2) is 8.81. The molecule has 2 heterocycles. The van der Waals surface area contributed by atoms with E-state index in [0.29, 0.717) is 0 Å². The molecule has 4 rings (SSSR count).